The maximum atomic E-state index is 11.1. The summed E-state index contributed by atoms with van der Waals surface area (Å²) in [6, 6.07) is 16.0. The molecule has 6 heteroatoms. The number of ether oxygens (including phenoxy) is 1. The van der Waals surface area contributed by atoms with E-state index in [1.54, 1.807) is 7.11 Å². The summed E-state index contributed by atoms with van der Waals surface area (Å²) in [6.07, 6.45) is 2.05. The standard InChI is InChI=1S/C18H15N3O3/c1-23-15-6-2-12(3-7-15)11-21-9-8-13-4-5-14(10-16(13)21)17-19-18(22)24-20-17/h2-10H,11H2,1H3,(H,19,20,22). The Kier molecular flexibility index (Phi) is 3.42. The van der Waals surface area contributed by atoms with Crippen molar-refractivity contribution >= 4 is 10.9 Å². The molecule has 0 amide bonds. The van der Waals surface area contributed by atoms with Crippen molar-refractivity contribution in [2.24, 2.45) is 0 Å². The molecule has 120 valence electrons. The molecule has 0 atom stereocenters. The molecule has 1 N–H and O–H groups in total. The number of benzene rings is 2. The van der Waals surface area contributed by atoms with Gasteiger partial charge in [-0.2, -0.15) is 0 Å². The van der Waals surface area contributed by atoms with E-state index in [9.17, 15) is 4.79 Å². The second kappa shape index (κ2) is 5.73. The van der Waals surface area contributed by atoms with E-state index in [2.05, 4.69) is 25.3 Å². The van der Waals surface area contributed by atoms with Crippen LogP contribution in [0.3, 0.4) is 0 Å². The van der Waals surface area contributed by atoms with Crippen molar-refractivity contribution < 1.29 is 9.26 Å². The number of nitrogens with zero attached hydrogens (tertiary/aromatic N) is 2. The Labute approximate surface area is 137 Å². The van der Waals surface area contributed by atoms with Gasteiger partial charge in [0.1, 0.15) is 5.75 Å². The van der Waals surface area contributed by atoms with Crippen LogP contribution in [0.4, 0.5) is 0 Å². The molecule has 0 saturated carbocycles. The molecular formula is C18H15N3O3. The fourth-order valence-electron chi connectivity index (χ4n) is 2.75. The molecule has 2 aromatic heterocycles. The Balaban J connectivity index is 1.71. The SMILES string of the molecule is COc1ccc(Cn2ccc3ccc(-c4noc(=O)[nH]4)cc32)cc1. The van der Waals surface area contributed by atoms with E-state index in [4.69, 9.17) is 4.74 Å². The monoisotopic (exact) mass is 321 g/mol. The van der Waals surface area contributed by atoms with Crippen LogP contribution in [0.2, 0.25) is 0 Å². The molecule has 0 radical (unpaired) electrons. The first-order chi connectivity index (χ1) is 11.7. The maximum absolute atomic E-state index is 11.1. The zero-order valence-electron chi connectivity index (χ0n) is 13.0. The fraction of sp³-hybridized carbons (Fsp3) is 0.111. The molecule has 2 aromatic carbocycles. The number of rotatable bonds is 4. The quantitative estimate of drug-likeness (QED) is 0.627. The Morgan fingerprint density at radius 1 is 1.17 bits per heavy atom. The molecule has 4 aromatic rings. The van der Waals surface area contributed by atoms with Crippen LogP contribution in [-0.4, -0.2) is 21.8 Å². The molecule has 0 bridgehead atoms. The van der Waals surface area contributed by atoms with Crippen molar-refractivity contribution in [1.29, 1.82) is 0 Å². The predicted molar refractivity (Wildman–Crippen MR) is 90.2 cm³/mol. The highest BCUT2D eigenvalue weighted by molar-refractivity contribution is 5.84. The van der Waals surface area contributed by atoms with Gasteiger partial charge in [0.2, 0.25) is 0 Å². The summed E-state index contributed by atoms with van der Waals surface area (Å²) >= 11 is 0. The van der Waals surface area contributed by atoms with Crippen molar-refractivity contribution in [3.63, 3.8) is 0 Å². The van der Waals surface area contributed by atoms with Crippen LogP contribution in [0.1, 0.15) is 5.56 Å². The first kappa shape index (κ1) is 14.3. The summed E-state index contributed by atoms with van der Waals surface area (Å²) in [5, 5.41) is 4.87. The first-order valence-electron chi connectivity index (χ1n) is 7.51. The molecule has 0 fully saturated rings. The van der Waals surface area contributed by atoms with E-state index in [1.807, 2.05) is 48.7 Å². The van der Waals surface area contributed by atoms with Crippen LogP contribution in [0, 0.1) is 0 Å². The maximum Gasteiger partial charge on any atom is 0.439 e. The lowest BCUT2D eigenvalue weighted by Crippen LogP contribution is -1.98. The van der Waals surface area contributed by atoms with E-state index >= 15 is 0 Å². The van der Waals surface area contributed by atoms with Gasteiger partial charge in [-0.25, -0.2) is 4.79 Å². The third-order valence-electron chi connectivity index (χ3n) is 4.00. The highest BCUT2D eigenvalue weighted by atomic mass is 16.5. The zero-order valence-corrected chi connectivity index (χ0v) is 13.0. The Bertz CT molecular complexity index is 1040. The predicted octanol–water partition coefficient (Wildman–Crippen LogP) is 3.04. The lowest BCUT2D eigenvalue weighted by molar-refractivity contribution is 0.388. The Hall–Kier alpha value is -3.28. The van der Waals surface area contributed by atoms with Crippen molar-refractivity contribution in [3.8, 4) is 17.1 Å². The van der Waals surface area contributed by atoms with Crippen LogP contribution in [-0.2, 0) is 6.54 Å². The molecule has 0 spiro atoms. The molecule has 2 heterocycles. The Morgan fingerprint density at radius 3 is 2.71 bits per heavy atom. The van der Waals surface area contributed by atoms with Gasteiger partial charge >= 0.3 is 5.76 Å². The average Bonchev–Trinajstić information content (AvgIpc) is 3.22. The van der Waals surface area contributed by atoms with E-state index in [-0.39, 0.29) is 0 Å². The minimum Gasteiger partial charge on any atom is -0.497 e. The summed E-state index contributed by atoms with van der Waals surface area (Å²) in [4.78, 5) is 13.7. The summed E-state index contributed by atoms with van der Waals surface area (Å²) in [6.45, 7) is 0.742. The van der Waals surface area contributed by atoms with Crippen LogP contribution < -0.4 is 10.5 Å². The summed E-state index contributed by atoms with van der Waals surface area (Å²) < 4.78 is 11.9. The third kappa shape index (κ3) is 2.58. The minimum absolute atomic E-state index is 0.430. The normalized spacial score (nSPS) is 11.0. The van der Waals surface area contributed by atoms with Crippen LogP contribution >= 0.6 is 0 Å². The second-order valence-corrected chi connectivity index (χ2v) is 5.51. The van der Waals surface area contributed by atoms with Crippen molar-refractivity contribution in [2.75, 3.05) is 7.11 Å². The highest BCUT2D eigenvalue weighted by Crippen LogP contribution is 2.23. The van der Waals surface area contributed by atoms with Crippen molar-refractivity contribution in [3.05, 3.63) is 70.8 Å². The summed E-state index contributed by atoms with van der Waals surface area (Å²) in [7, 11) is 1.66. The van der Waals surface area contributed by atoms with Crippen LogP contribution in [0.25, 0.3) is 22.3 Å². The van der Waals surface area contributed by atoms with E-state index in [0.29, 0.717) is 5.82 Å². The van der Waals surface area contributed by atoms with Crippen molar-refractivity contribution in [1.82, 2.24) is 14.7 Å². The zero-order chi connectivity index (χ0) is 16.5. The number of fused-ring (bicyclic) bond motifs is 1. The average molecular weight is 321 g/mol. The van der Waals surface area contributed by atoms with Gasteiger partial charge in [0.05, 0.1) is 7.11 Å². The third-order valence-corrected chi connectivity index (χ3v) is 4.00. The number of hydrogen-bond acceptors (Lipinski definition) is 4. The van der Waals surface area contributed by atoms with Gasteiger partial charge < -0.3 is 9.30 Å². The molecule has 0 saturated heterocycles. The molecule has 0 aliphatic rings. The number of nitrogens with one attached hydrogen (secondary N) is 1. The topological polar surface area (TPSA) is 73.0 Å². The summed E-state index contributed by atoms with van der Waals surface area (Å²) in [5.74, 6) is 0.714. The van der Waals surface area contributed by atoms with Gasteiger partial charge in [-0.05, 0) is 35.2 Å². The number of methoxy groups -OCH3 is 1. The lowest BCUT2D eigenvalue weighted by Gasteiger charge is -2.07. The summed E-state index contributed by atoms with van der Waals surface area (Å²) in [5.41, 5.74) is 3.05. The van der Waals surface area contributed by atoms with Gasteiger partial charge in [-0.3, -0.25) is 9.51 Å². The van der Waals surface area contributed by atoms with Gasteiger partial charge in [-0.15, -0.1) is 0 Å². The van der Waals surface area contributed by atoms with Crippen LogP contribution in [0.15, 0.2) is 64.0 Å². The number of hydrogen-bond donors (Lipinski definition) is 1. The lowest BCUT2D eigenvalue weighted by atomic mass is 10.1. The van der Waals surface area contributed by atoms with Gasteiger partial charge in [0.25, 0.3) is 0 Å². The van der Waals surface area contributed by atoms with Gasteiger partial charge in [0, 0.05) is 23.8 Å². The highest BCUT2D eigenvalue weighted by Gasteiger charge is 2.08. The van der Waals surface area contributed by atoms with Gasteiger partial charge in [0.15, 0.2) is 5.82 Å². The minimum atomic E-state index is -0.557. The Morgan fingerprint density at radius 2 is 2.00 bits per heavy atom. The number of aromatic nitrogens is 3. The van der Waals surface area contributed by atoms with Gasteiger partial charge in [-0.1, -0.05) is 29.4 Å². The van der Waals surface area contributed by atoms with E-state index in [0.717, 1.165) is 28.8 Å². The molecule has 24 heavy (non-hydrogen) atoms. The molecule has 4 rings (SSSR count). The largest absolute Gasteiger partial charge is 0.497 e. The number of H-pyrrole nitrogens is 1. The smallest absolute Gasteiger partial charge is 0.439 e. The second-order valence-electron chi connectivity index (χ2n) is 5.51. The van der Waals surface area contributed by atoms with Crippen LogP contribution in [0.5, 0.6) is 5.75 Å². The molecule has 0 aliphatic heterocycles. The number of aromatic amines is 1. The van der Waals surface area contributed by atoms with E-state index < -0.39 is 5.76 Å². The van der Waals surface area contributed by atoms with E-state index in [1.165, 1.54) is 5.56 Å². The fourth-order valence-corrected chi connectivity index (χ4v) is 2.75. The van der Waals surface area contributed by atoms with Crippen molar-refractivity contribution in [2.45, 2.75) is 6.54 Å². The molecular weight excluding hydrogens is 306 g/mol. The molecule has 0 unspecified atom stereocenters. The molecule has 0 aliphatic carbocycles. The first-order valence-corrected chi connectivity index (χ1v) is 7.51. The molecule has 6 nitrogen and oxygen atoms in total.